The van der Waals surface area contributed by atoms with Gasteiger partial charge in [-0.15, -0.1) is 0 Å². The van der Waals surface area contributed by atoms with Crippen LogP contribution in [0.15, 0.2) is 0 Å². The molecule has 2 rings (SSSR count). The van der Waals surface area contributed by atoms with Gasteiger partial charge in [0.2, 0.25) is 5.91 Å². The van der Waals surface area contributed by atoms with Crippen LogP contribution in [0, 0.1) is 0 Å². The third-order valence-electron chi connectivity index (χ3n) is 3.69. The van der Waals surface area contributed by atoms with E-state index < -0.39 is 0 Å². The van der Waals surface area contributed by atoms with Crippen LogP contribution in [0.25, 0.3) is 0 Å². The van der Waals surface area contributed by atoms with E-state index in [0.717, 1.165) is 12.8 Å². The molecule has 0 aromatic rings. The maximum absolute atomic E-state index is 11.3. The van der Waals surface area contributed by atoms with Crippen molar-refractivity contribution in [3.63, 3.8) is 0 Å². The quantitative estimate of drug-likeness (QED) is 0.689. The van der Waals surface area contributed by atoms with E-state index in [4.69, 9.17) is 5.73 Å². The second-order valence-electron chi connectivity index (χ2n) is 4.80. The zero-order chi connectivity index (χ0) is 10.8. The molecule has 1 saturated heterocycles. The van der Waals surface area contributed by atoms with E-state index in [1.807, 2.05) is 0 Å². The molecule has 0 spiro atoms. The lowest BCUT2D eigenvalue weighted by Crippen LogP contribution is -2.46. The summed E-state index contributed by atoms with van der Waals surface area (Å²) >= 11 is 0. The molecule has 1 saturated carbocycles. The summed E-state index contributed by atoms with van der Waals surface area (Å²) in [4.78, 5) is 13.4. The van der Waals surface area contributed by atoms with Gasteiger partial charge >= 0.3 is 0 Å². The average Bonchev–Trinajstić information content (AvgIpc) is 2.62. The first kappa shape index (κ1) is 10.9. The molecular formula is C11H20N2O2. The molecule has 0 aromatic heterocycles. The number of rotatable bonds is 2. The standard InChI is InChI=1S/C11H20N2O2/c12-11(15)10-6-9(14)7-13(10)8-4-2-1-3-5-8/h8-10,14H,1-7H2,(H2,12,15)/t9-,10-/m1/s1. The number of aliphatic hydroxyl groups excluding tert-OH is 1. The maximum Gasteiger partial charge on any atom is 0.234 e. The summed E-state index contributed by atoms with van der Waals surface area (Å²) in [5, 5.41) is 9.60. The molecule has 2 atom stereocenters. The van der Waals surface area contributed by atoms with E-state index in [0.29, 0.717) is 19.0 Å². The van der Waals surface area contributed by atoms with Crippen molar-refractivity contribution in [3.05, 3.63) is 0 Å². The van der Waals surface area contributed by atoms with Gasteiger partial charge in [-0.1, -0.05) is 19.3 Å². The van der Waals surface area contributed by atoms with Crippen LogP contribution >= 0.6 is 0 Å². The van der Waals surface area contributed by atoms with Crippen LogP contribution in [-0.2, 0) is 4.79 Å². The Morgan fingerprint density at radius 3 is 2.53 bits per heavy atom. The first-order chi connectivity index (χ1) is 7.18. The molecule has 15 heavy (non-hydrogen) atoms. The lowest BCUT2D eigenvalue weighted by molar-refractivity contribution is -0.123. The van der Waals surface area contributed by atoms with Crippen LogP contribution in [0.1, 0.15) is 38.5 Å². The van der Waals surface area contributed by atoms with Crippen molar-refractivity contribution in [2.24, 2.45) is 5.73 Å². The van der Waals surface area contributed by atoms with Crippen LogP contribution in [-0.4, -0.2) is 40.6 Å². The molecule has 1 aliphatic carbocycles. The number of β-amino-alcohol motifs (C(OH)–C–C–N with tert-alkyl or cyclic N) is 1. The van der Waals surface area contributed by atoms with E-state index in [1.54, 1.807) is 0 Å². The van der Waals surface area contributed by atoms with Crippen molar-refractivity contribution in [1.82, 2.24) is 4.90 Å². The summed E-state index contributed by atoms with van der Waals surface area (Å²) < 4.78 is 0. The minimum atomic E-state index is -0.371. The number of carbonyl (C=O) groups is 1. The zero-order valence-corrected chi connectivity index (χ0v) is 9.06. The fourth-order valence-corrected chi connectivity index (χ4v) is 2.93. The second kappa shape index (κ2) is 4.49. The zero-order valence-electron chi connectivity index (χ0n) is 9.06. The fourth-order valence-electron chi connectivity index (χ4n) is 2.93. The highest BCUT2D eigenvalue weighted by molar-refractivity contribution is 5.80. The highest BCUT2D eigenvalue weighted by atomic mass is 16.3. The van der Waals surface area contributed by atoms with Gasteiger partial charge < -0.3 is 10.8 Å². The van der Waals surface area contributed by atoms with E-state index >= 15 is 0 Å². The molecular weight excluding hydrogens is 192 g/mol. The van der Waals surface area contributed by atoms with Gasteiger partial charge in [0.05, 0.1) is 12.1 Å². The van der Waals surface area contributed by atoms with Gasteiger partial charge in [-0.25, -0.2) is 0 Å². The number of amides is 1. The summed E-state index contributed by atoms with van der Waals surface area (Å²) in [6.45, 7) is 0.623. The Morgan fingerprint density at radius 1 is 1.27 bits per heavy atom. The van der Waals surface area contributed by atoms with Crippen LogP contribution in [0.3, 0.4) is 0 Å². The van der Waals surface area contributed by atoms with Crippen LogP contribution in [0.5, 0.6) is 0 Å². The third-order valence-corrected chi connectivity index (χ3v) is 3.69. The molecule has 3 N–H and O–H groups in total. The van der Waals surface area contributed by atoms with E-state index in [9.17, 15) is 9.90 Å². The first-order valence-corrected chi connectivity index (χ1v) is 5.91. The summed E-state index contributed by atoms with van der Waals surface area (Å²) in [5.41, 5.74) is 5.37. The van der Waals surface area contributed by atoms with Crippen molar-refractivity contribution in [2.75, 3.05) is 6.54 Å². The second-order valence-corrected chi connectivity index (χ2v) is 4.80. The minimum absolute atomic E-state index is 0.233. The summed E-state index contributed by atoms with van der Waals surface area (Å²) in [6.07, 6.45) is 6.22. The largest absolute Gasteiger partial charge is 0.392 e. The smallest absolute Gasteiger partial charge is 0.234 e. The minimum Gasteiger partial charge on any atom is -0.392 e. The summed E-state index contributed by atoms with van der Waals surface area (Å²) in [6, 6.07) is 0.233. The Labute approximate surface area is 90.4 Å². The Kier molecular flexibility index (Phi) is 3.26. The molecule has 0 bridgehead atoms. The van der Waals surface area contributed by atoms with Gasteiger partial charge in [-0.3, -0.25) is 9.69 Å². The Bertz CT molecular complexity index is 239. The van der Waals surface area contributed by atoms with E-state index in [2.05, 4.69) is 4.90 Å². The monoisotopic (exact) mass is 212 g/mol. The number of hydrogen-bond donors (Lipinski definition) is 2. The number of nitrogens with zero attached hydrogens (tertiary/aromatic N) is 1. The molecule has 86 valence electrons. The first-order valence-electron chi connectivity index (χ1n) is 5.91. The van der Waals surface area contributed by atoms with Crippen molar-refractivity contribution in [2.45, 2.75) is 56.7 Å². The highest BCUT2D eigenvalue weighted by Crippen LogP contribution is 2.29. The SMILES string of the molecule is NC(=O)[C@H]1C[C@@H](O)CN1C1CCCCC1. The van der Waals surface area contributed by atoms with Gasteiger partial charge in [0.1, 0.15) is 0 Å². The number of aliphatic hydroxyl groups is 1. The van der Waals surface area contributed by atoms with Crippen LogP contribution in [0.4, 0.5) is 0 Å². The molecule has 2 aliphatic rings. The van der Waals surface area contributed by atoms with Gasteiger partial charge in [-0.2, -0.15) is 0 Å². The molecule has 0 aromatic carbocycles. The number of likely N-dealkylation sites (tertiary alicyclic amines) is 1. The van der Waals surface area contributed by atoms with Crippen molar-refractivity contribution in [1.29, 1.82) is 0 Å². The van der Waals surface area contributed by atoms with Gasteiger partial charge in [0.15, 0.2) is 0 Å². The predicted molar refractivity (Wildman–Crippen MR) is 57.2 cm³/mol. The third kappa shape index (κ3) is 2.32. The molecule has 2 fully saturated rings. The molecule has 4 heteroatoms. The van der Waals surface area contributed by atoms with Gasteiger partial charge in [-0.05, 0) is 19.3 Å². The number of primary amides is 1. The Hall–Kier alpha value is -0.610. The number of carbonyl (C=O) groups excluding carboxylic acids is 1. The van der Waals surface area contributed by atoms with Gasteiger partial charge in [0, 0.05) is 12.6 Å². The van der Waals surface area contributed by atoms with Crippen LogP contribution < -0.4 is 5.73 Å². The van der Waals surface area contributed by atoms with Crippen LogP contribution in [0.2, 0.25) is 0 Å². The number of nitrogens with two attached hydrogens (primary N) is 1. The highest BCUT2D eigenvalue weighted by Gasteiger charge is 2.38. The molecule has 0 unspecified atom stereocenters. The average molecular weight is 212 g/mol. The maximum atomic E-state index is 11.3. The fraction of sp³-hybridized carbons (Fsp3) is 0.909. The molecule has 4 nitrogen and oxygen atoms in total. The molecule has 0 radical (unpaired) electrons. The summed E-state index contributed by atoms with van der Waals surface area (Å²) in [7, 11) is 0. The lowest BCUT2D eigenvalue weighted by atomic mass is 9.93. The summed E-state index contributed by atoms with van der Waals surface area (Å²) in [5.74, 6) is -0.280. The predicted octanol–water partition coefficient (Wildman–Crippen LogP) is 0.240. The molecule has 1 heterocycles. The topological polar surface area (TPSA) is 66.6 Å². The van der Waals surface area contributed by atoms with Crippen molar-refractivity contribution >= 4 is 5.91 Å². The van der Waals surface area contributed by atoms with E-state index in [-0.39, 0.29) is 18.1 Å². The van der Waals surface area contributed by atoms with E-state index in [1.165, 1.54) is 19.3 Å². The Balaban J connectivity index is 2.02. The van der Waals surface area contributed by atoms with Gasteiger partial charge in [0.25, 0.3) is 0 Å². The molecule has 1 aliphatic heterocycles. The lowest BCUT2D eigenvalue weighted by Gasteiger charge is -2.34. The van der Waals surface area contributed by atoms with Crippen molar-refractivity contribution < 1.29 is 9.90 Å². The molecule has 1 amide bonds. The van der Waals surface area contributed by atoms with Crippen molar-refractivity contribution in [3.8, 4) is 0 Å². The normalized spacial score (nSPS) is 34.5. The number of hydrogen-bond acceptors (Lipinski definition) is 3. The Morgan fingerprint density at radius 2 is 1.93 bits per heavy atom.